The van der Waals surface area contributed by atoms with Crippen LogP contribution in [0.3, 0.4) is 0 Å². The molecule has 0 spiro atoms. The zero-order chi connectivity index (χ0) is 13.7. The summed E-state index contributed by atoms with van der Waals surface area (Å²) in [6.45, 7) is 2.54. The number of phenolic OH excluding ortho intramolecular Hbond substituents is 1. The molecule has 3 nitrogen and oxygen atoms in total. The summed E-state index contributed by atoms with van der Waals surface area (Å²) in [5.41, 5.74) is 2.81. The Morgan fingerprint density at radius 1 is 1.16 bits per heavy atom. The fraction of sp³-hybridized carbons (Fsp3) is 0.188. The van der Waals surface area contributed by atoms with Crippen molar-refractivity contribution >= 4 is 5.91 Å². The number of hydrogen-bond donors (Lipinski definition) is 2. The highest BCUT2D eigenvalue weighted by Crippen LogP contribution is 2.11. The van der Waals surface area contributed by atoms with Gasteiger partial charge in [-0.05, 0) is 43.2 Å². The van der Waals surface area contributed by atoms with Crippen molar-refractivity contribution in [2.45, 2.75) is 13.3 Å². The van der Waals surface area contributed by atoms with Crippen molar-refractivity contribution in [2.75, 3.05) is 6.54 Å². The predicted molar refractivity (Wildman–Crippen MR) is 75.3 cm³/mol. The van der Waals surface area contributed by atoms with Crippen LogP contribution < -0.4 is 5.32 Å². The zero-order valence-corrected chi connectivity index (χ0v) is 10.9. The maximum absolute atomic E-state index is 11.9. The van der Waals surface area contributed by atoms with Gasteiger partial charge in [-0.2, -0.15) is 0 Å². The number of rotatable bonds is 4. The number of hydrogen-bond acceptors (Lipinski definition) is 2. The van der Waals surface area contributed by atoms with Crippen LogP contribution in [0.5, 0.6) is 5.75 Å². The van der Waals surface area contributed by atoms with Crippen molar-refractivity contribution in [1.29, 1.82) is 0 Å². The van der Waals surface area contributed by atoms with E-state index in [0.29, 0.717) is 18.5 Å². The predicted octanol–water partition coefficient (Wildman–Crippen LogP) is 2.67. The molecule has 2 aromatic carbocycles. The molecule has 2 aromatic rings. The number of amides is 1. The number of phenols is 1. The van der Waals surface area contributed by atoms with Gasteiger partial charge in [0.05, 0.1) is 0 Å². The van der Waals surface area contributed by atoms with Crippen LogP contribution in [0.25, 0.3) is 0 Å². The first-order valence-electron chi connectivity index (χ1n) is 6.28. The standard InChI is InChI=1S/C16H17NO2/c1-12-5-7-14(8-6-12)16(19)17-10-9-13-3-2-4-15(18)11-13/h2-8,11,18H,9-10H2,1H3,(H,17,19). The second-order valence-corrected chi connectivity index (χ2v) is 4.54. The fourth-order valence-electron chi connectivity index (χ4n) is 1.84. The van der Waals surface area contributed by atoms with Gasteiger partial charge in [-0.25, -0.2) is 0 Å². The summed E-state index contributed by atoms with van der Waals surface area (Å²) in [5.74, 6) is 0.183. The Bertz CT molecular complexity index is 561. The summed E-state index contributed by atoms with van der Waals surface area (Å²) in [6, 6.07) is 14.5. The van der Waals surface area contributed by atoms with Gasteiger partial charge in [0.2, 0.25) is 0 Å². The zero-order valence-electron chi connectivity index (χ0n) is 10.9. The number of aromatic hydroxyl groups is 1. The number of nitrogens with one attached hydrogen (secondary N) is 1. The first-order chi connectivity index (χ1) is 9.15. The molecule has 0 heterocycles. The minimum Gasteiger partial charge on any atom is -0.508 e. The first-order valence-corrected chi connectivity index (χ1v) is 6.28. The summed E-state index contributed by atoms with van der Waals surface area (Å²) >= 11 is 0. The number of benzene rings is 2. The van der Waals surface area contributed by atoms with Crippen LogP contribution in [-0.4, -0.2) is 17.6 Å². The molecular formula is C16H17NO2. The van der Waals surface area contributed by atoms with Crippen LogP contribution >= 0.6 is 0 Å². The molecule has 0 radical (unpaired) electrons. The quantitative estimate of drug-likeness (QED) is 0.882. The molecule has 0 aliphatic rings. The average Bonchev–Trinajstić information content (AvgIpc) is 2.39. The van der Waals surface area contributed by atoms with E-state index in [9.17, 15) is 9.90 Å². The maximum atomic E-state index is 11.9. The average molecular weight is 255 g/mol. The summed E-state index contributed by atoms with van der Waals surface area (Å²) in [6.07, 6.45) is 0.700. The molecule has 98 valence electrons. The van der Waals surface area contributed by atoms with E-state index < -0.39 is 0 Å². The lowest BCUT2D eigenvalue weighted by Gasteiger charge is -2.06. The van der Waals surface area contributed by atoms with E-state index in [1.807, 2.05) is 37.3 Å². The van der Waals surface area contributed by atoms with E-state index in [0.717, 1.165) is 11.1 Å². The highest BCUT2D eigenvalue weighted by molar-refractivity contribution is 5.94. The van der Waals surface area contributed by atoms with E-state index >= 15 is 0 Å². The normalized spacial score (nSPS) is 10.2. The summed E-state index contributed by atoms with van der Waals surface area (Å²) in [7, 11) is 0. The van der Waals surface area contributed by atoms with Crippen molar-refractivity contribution in [3.8, 4) is 5.75 Å². The van der Waals surface area contributed by atoms with Crippen molar-refractivity contribution < 1.29 is 9.90 Å². The Morgan fingerprint density at radius 2 is 1.89 bits per heavy atom. The lowest BCUT2D eigenvalue weighted by Crippen LogP contribution is -2.25. The van der Waals surface area contributed by atoms with Gasteiger partial charge in [-0.1, -0.05) is 29.8 Å². The molecule has 0 saturated heterocycles. The van der Waals surface area contributed by atoms with Gasteiger partial charge >= 0.3 is 0 Å². The molecule has 1 amide bonds. The SMILES string of the molecule is Cc1ccc(C(=O)NCCc2cccc(O)c2)cc1. The topological polar surface area (TPSA) is 49.3 Å². The Labute approximate surface area is 112 Å². The van der Waals surface area contributed by atoms with Gasteiger partial charge < -0.3 is 10.4 Å². The highest BCUT2D eigenvalue weighted by Gasteiger charge is 2.04. The summed E-state index contributed by atoms with van der Waals surface area (Å²) in [5, 5.41) is 12.2. The third kappa shape index (κ3) is 3.85. The number of carbonyl (C=O) groups is 1. The van der Waals surface area contributed by atoms with Gasteiger partial charge in [-0.3, -0.25) is 4.79 Å². The van der Waals surface area contributed by atoms with E-state index in [-0.39, 0.29) is 11.7 Å². The van der Waals surface area contributed by atoms with Crippen LogP contribution in [0.2, 0.25) is 0 Å². The second kappa shape index (κ2) is 6.05. The molecule has 19 heavy (non-hydrogen) atoms. The Balaban J connectivity index is 1.86. The number of carbonyl (C=O) groups excluding carboxylic acids is 1. The van der Waals surface area contributed by atoms with Gasteiger partial charge in [-0.15, -0.1) is 0 Å². The van der Waals surface area contributed by atoms with Crippen molar-refractivity contribution in [3.05, 3.63) is 65.2 Å². The summed E-state index contributed by atoms with van der Waals surface area (Å²) < 4.78 is 0. The van der Waals surface area contributed by atoms with Gasteiger partial charge in [0, 0.05) is 12.1 Å². The minimum atomic E-state index is -0.0693. The van der Waals surface area contributed by atoms with Gasteiger partial charge in [0.15, 0.2) is 0 Å². The molecule has 0 fully saturated rings. The summed E-state index contributed by atoms with van der Waals surface area (Å²) in [4.78, 5) is 11.9. The fourth-order valence-corrected chi connectivity index (χ4v) is 1.84. The molecule has 3 heteroatoms. The Morgan fingerprint density at radius 3 is 2.58 bits per heavy atom. The molecule has 0 atom stereocenters. The highest BCUT2D eigenvalue weighted by atomic mass is 16.3. The largest absolute Gasteiger partial charge is 0.508 e. The van der Waals surface area contributed by atoms with Crippen LogP contribution in [0.4, 0.5) is 0 Å². The monoisotopic (exact) mass is 255 g/mol. The number of aryl methyl sites for hydroxylation is 1. The molecule has 0 aliphatic carbocycles. The maximum Gasteiger partial charge on any atom is 0.251 e. The van der Waals surface area contributed by atoms with Crippen LogP contribution in [0.1, 0.15) is 21.5 Å². The first kappa shape index (κ1) is 13.1. The Kier molecular flexibility index (Phi) is 4.18. The smallest absolute Gasteiger partial charge is 0.251 e. The lowest BCUT2D eigenvalue weighted by molar-refractivity contribution is 0.0954. The van der Waals surface area contributed by atoms with E-state index in [1.165, 1.54) is 0 Å². The molecule has 0 saturated carbocycles. The molecule has 0 aromatic heterocycles. The third-order valence-corrected chi connectivity index (χ3v) is 2.92. The van der Waals surface area contributed by atoms with Crippen molar-refractivity contribution in [3.63, 3.8) is 0 Å². The third-order valence-electron chi connectivity index (χ3n) is 2.92. The van der Waals surface area contributed by atoms with Gasteiger partial charge in [0.25, 0.3) is 5.91 Å². The molecule has 0 bridgehead atoms. The minimum absolute atomic E-state index is 0.0693. The van der Waals surface area contributed by atoms with Crippen molar-refractivity contribution in [1.82, 2.24) is 5.32 Å². The molecule has 0 aliphatic heterocycles. The van der Waals surface area contributed by atoms with Crippen LogP contribution in [-0.2, 0) is 6.42 Å². The van der Waals surface area contributed by atoms with Crippen molar-refractivity contribution in [2.24, 2.45) is 0 Å². The Hall–Kier alpha value is -2.29. The van der Waals surface area contributed by atoms with Crippen LogP contribution in [0.15, 0.2) is 48.5 Å². The van der Waals surface area contributed by atoms with E-state index in [1.54, 1.807) is 18.2 Å². The molecule has 0 unspecified atom stereocenters. The lowest BCUT2D eigenvalue weighted by atomic mass is 10.1. The molecule has 2 N–H and O–H groups in total. The molecule has 2 rings (SSSR count). The second-order valence-electron chi connectivity index (χ2n) is 4.54. The van der Waals surface area contributed by atoms with E-state index in [2.05, 4.69) is 5.32 Å². The molecular weight excluding hydrogens is 238 g/mol. The van der Waals surface area contributed by atoms with E-state index in [4.69, 9.17) is 0 Å². The van der Waals surface area contributed by atoms with Gasteiger partial charge in [0.1, 0.15) is 5.75 Å². The van der Waals surface area contributed by atoms with Crippen LogP contribution in [0, 0.1) is 6.92 Å².